The number of nitrogens with one attached hydrogen (secondary N) is 1. The molecule has 0 aliphatic rings. The van der Waals surface area contributed by atoms with E-state index in [4.69, 9.17) is 9.47 Å². The number of aromatic nitrogens is 1. The minimum absolute atomic E-state index is 0. The van der Waals surface area contributed by atoms with Crippen molar-refractivity contribution < 1.29 is 26.7 Å². The van der Waals surface area contributed by atoms with Gasteiger partial charge in [0.25, 0.3) is 0 Å². The van der Waals surface area contributed by atoms with Gasteiger partial charge >= 0.3 is 5.97 Å². The van der Waals surface area contributed by atoms with Gasteiger partial charge in [-0.3, -0.25) is 4.98 Å². The molecule has 1 N–H and O–H groups in total. The minimum Gasteiger partial charge on any atom is -1.00 e. The van der Waals surface area contributed by atoms with E-state index in [2.05, 4.69) is 10.3 Å². The number of anilines is 2. The van der Waals surface area contributed by atoms with Gasteiger partial charge < -0.3 is 27.2 Å². The van der Waals surface area contributed by atoms with E-state index in [9.17, 15) is 4.79 Å². The van der Waals surface area contributed by atoms with Crippen LogP contribution in [0.15, 0.2) is 78.9 Å². The van der Waals surface area contributed by atoms with Gasteiger partial charge in [0.2, 0.25) is 0 Å². The molecule has 3 aromatic carbocycles. The molecule has 0 amide bonds. The highest BCUT2D eigenvalue weighted by Gasteiger charge is 2.10. The van der Waals surface area contributed by atoms with Crippen LogP contribution in [0.5, 0.6) is 5.75 Å². The first-order valence-corrected chi connectivity index (χ1v) is 9.66. The Morgan fingerprint density at radius 2 is 1.71 bits per heavy atom. The topological polar surface area (TPSA) is 60.5 Å². The van der Waals surface area contributed by atoms with Crippen LogP contribution >= 0.6 is 0 Å². The first kappa shape index (κ1) is 22.1. The smallest absolute Gasteiger partial charge is 0.337 e. The number of rotatable bonds is 6. The van der Waals surface area contributed by atoms with Crippen molar-refractivity contribution in [2.24, 2.45) is 0 Å². The lowest BCUT2D eigenvalue weighted by atomic mass is 10.1. The summed E-state index contributed by atoms with van der Waals surface area (Å²) in [6, 6.07) is 25.2. The van der Waals surface area contributed by atoms with E-state index in [0.717, 1.165) is 39.3 Å². The highest BCUT2D eigenvalue weighted by Crippen LogP contribution is 2.28. The third kappa shape index (κ3) is 5.32. The molecule has 31 heavy (non-hydrogen) atoms. The number of pyridine rings is 1. The lowest BCUT2D eigenvalue weighted by molar-refractivity contribution is -0.0000210. The van der Waals surface area contributed by atoms with Crippen LogP contribution in [0.1, 0.15) is 21.6 Å². The van der Waals surface area contributed by atoms with Crippen molar-refractivity contribution in [2.45, 2.75) is 13.5 Å². The first-order valence-electron chi connectivity index (χ1n) is 9.66. The lowest BCUT2D eigenvalue weighted by Crippen LogP contribution is -3.00. The van der Waals surface area contributed by atoms with Gasteiger partial charge in [0.15, 0.2) is 0 Å². The van der Waals surface area contributed by atoms with E-state index in [1.54, 1.807) is 12.1 Å². The molecule has 0 spiro atoms. The van der Waals surface area contributed by atoms with Crippen LogP contribution in [0.2, 0.25) is 0 Å². The number of esters is 1. The van der Waals surface area contributed by atoms with Crippen molar-refractivity contribution in [3.63, 3.8) is 0 Å². The molecule has 0 aliphatic heterocycles. The van der Waals surface area contributed by atoms with Crippen LogP contribution in [0.25, 0.3) is 10.9 Å². The Kier molecular flexibility index (Phi) is 7.11. The summed E-state index contributed by atoms with van der Waals surface area (Å²) in [5, 5.41) is 4.28. The molecule has 4 aromatic rings. The zero-order chi connectivity index (χ0) is 20.9. The molecule has 0 fully saturated rings. The van der Waals surface area contributed by atoms with Gasteiger partial charge in [-0.1, -0.05) is 30.3 Å². The van der Waals surface area contributed by atoms with Crippen LogP contribution in [0, 0.1) is 6.92 Å². The van der Waals surface area contributed by atoms with Gasteiger partial charge in [-0.25, -0.2) is 4.79 Å². The van der Waals surface area contributed by atoms with Crippen molar-refractivity contribution in [1.82, 2.24) is 4.98 Å². The average Bonchev–Trinajstić information content (AvgIpc) is 2.78. The molecule has 1 aromatic heterocycles. The van der Waals surface area contributed by atoms with Gasteiger partial charge in [-0.2, -0.15) is 0 Å². The van der Waals surface area contributed by atoms with Crippen molar-refractivity contribution in [3.8, 4) is 5.75 Å². The molecule has 0 radical (unpaired) electrons. The molecule has 0 saturated heterocycles. The van der Waals surface area contributed by atoms with Crippen molar-refractivity contribution in [1.29, 1.82) is 0 Å². The summed E-state index contributed by atoms with van der Waals surface area (Å²) in [5.41, 5.74) is 5.11. The van der Waals surface area contributed by atoms with Crippen LogP contribution in [0.3, 0.4) is 0 Å². The quantitative estimate of drug-likeness (QED) is 0.474. The maximum Gasteiger partial charge on any atom is 0.337 e. The zero-order valence-electron chi connectivity index (χ0n) is 17.3. The molecule has 6 heteroatoms. The predicted molar refractivity (Wildman–Crippen MR) is 118 cm³/mol. The summed E-state index contributed by atoms with van der Waals surface area (Å²) in [6.07, 6.45) is 0. The molecule has 1 heterocycles. The number of methoxy groups -OCH3 is 1. The van der Waals surface area contributed by atoms with Gasteiger partial charge in [0.1, 0.15) is 12.4 Å². The van der Waals surface area contributed by atoms with E-state index in [1.165, 1.54) is 7.11 Å². The molecule has 0 aliphatic carbocycles. The second kappa shape index (κ2) is 9.96. The summed E-state index contributed by atoms with van der Waals surface area (Å²) in [4.78, 5) is 16.5. The van der Waals surface area contributed by atoms with Crippen molar-refractivity contribution >= 4 is 28.2 Å². The largest absolute Gasteiger partial charge is 1.00 e. The van der Waals surface area contributed by atoms with Gasteiger partial charge in [0.05, 0.1) is 18.2 Å². The van der Waals surface area contributed by atoms with Gasteiger partial charge in [0, 0.05) is 22.5 Å². The summed E-state index contributed by atoms with van der Waals surface area (Å²) >= 11 is 0. The Bertz CT molecular complexity index is 1180. The fourth-order valence-corrected chi connectivity index (χ4v) is 3.24. The minimum atomic E-state index is -0.372. The summed E-state index contributed by atoms with van der Waals surface area (Å²) in [7, 11) is 1.38. The van der Waals surface area contributed by atoms with Crippen LogP contribution in [-0.4, -0.2) is 18.1 Å². The monoisotopic (exact) mass is 433 g/mol. The average molecular weight is 434 g/mol. The van der Waals surface area contributed by atoms with Gasteiger partial charge in [-0.15, -0.1) is 0 Å². The fourth-order valence-electron chi connectivity index (χ4n) is 3.24. The highest BCUT2D eigenvalue weighted by molar-refractivity contribution is 5.99. The number of ether oxygens (including phenoxy) is 2. The van der Waals surface area contributed by atoms with Crippen molar-refractivity contribution in [2.75, 3.05) is 12.4 Å². The van der Waals surface area contributed by atoms with E-state index in [1.807, 2.05) is 73.7 Å². The maximum atomic E-state index is 11.9. The molecular formula is C25H22ClN2O3-. The molecule has 4 rings (SSSR count). The molecule has 5 nitrogen and oxygen atoms in total. The molecule has 0 unspecified atom stereocenters. The van der Waals surface area contributed by atoms with E-state index in [-0.39, 0.29) is 18.4 Å². The standard InChI is InChI=1S/C25H22N2O3.ClH/c1-17-14-24(22-15-19(25(28)29-2)8-13-23(22)26-17)27-20-9-11-21(12-10-20)30-16-18-6-4-3-5-7-18;/h3-15H,16H2,1-2H3,(H,26,27);1H/p-1. The molecule has 0 atom stereocenters. The van der Waals surface area contributed by atoms with E-state index < -0.39 is 0 Å². The Morgan fingerprint density at radius 3 is 2.42 bits per heavy atom. The number of carbonyl (C=O) groups is 1. The number of benzene rings is 3. The molecular weight excluding hydrogens is 412 g/mol. The number of nitrogens with zero attached hydrogens (tertiary/aromatic N) is 1. The van der Waals surface area contributed by atoms with Crippen LogP contribution in [0.4, 0.5) is 11.4 Å². The maximum absolute atomic E-state index is 11.9. The summed E-state index contributed by atoms with van der Waals surface area (Å²) in [6.45, 7) is 2.47. The van der Waals surface area contributed by atoms with E-state index in [0.29, 0.717) is 12.2 Å². The highest BCUT2D eigenvalue weighted by atomic mass is 35.5. The number of halogens is 1. The SMILES string of the molecule is COC(=O)c1ccc2nc(C)cc(Nc3ccc(OCc4ccccc4)cc3)c2c1.[Cl-]. The number of hydrogen-bond acceptors (Lipinski definition) is 5. The fraction of sp³-hybridized carbons (Fsp3) is 0.120. The van der Waals surface area contributed by atoms with Crippen molar-refractivity contribution in [3.05, 3.63) is 95.7 Å². The Labute approximate surface area is 187 Å². The number of aryl methyl sites for hydroxylation is 1. The van der Waals surface area contributed by atoms with Crippen LogP contribution < -0.4 is 22.5 Å². The Morgan fingerprint density at radius 1 is 0.968 bits per heavy atom. The normalized spacial score (nSPS) is 10.3. The van der Waals surface area contributed by atoms with E-state index >= 15 is 0 Å². The second-order valence-electron chi connectivity index (χ2n) is 6.96. The Hall–Kier alpha value is -3.57. The summed E-state index contributed by atoms with van der Waals surface area (Å²) < 4.78 is 10.7. The predicted octanol–water partition coefficient (Wildman–Crippen LogP) is 2.66. The number of carbonyl (C=O) groups excluding carboxylic acids is 1. The molecule has 0 bridgehead atoms. The second-order valence-corrected chi connectivity index (χ2v) is 6.96. The zero-order valence-corrected chi connectivity index (χ0v) is 18.0. The third-order valence-electron chi connectivity index (χ3n) is 4.74. The molecule has 0 saturated carbocycles. The van der Waals surface area contributed by atoms with Gasteiger partial charge in [-0.05, 0) is 61.0 Å². The Balaban J connectivity index is 0.00000272. The van der Waals surface area contributed by atoms with Crippen LogP contribution in [-0.2, 0) is 11.3 Å². The summed E-state index contributed by atoms with van der Waals surface area (Å²) in [5.74, 6) is 0.427. The first-order chi connectivity index (χ1) is 14.6. The number of hydrogen-bond donors (Lipinski definition) is 1. The molecule has 158 valence electrons. The lowest BCUT2D eigenvalue weighted by Gasteiger charge is -2.13. The third-order valence-corrected chi connectivity index (χ3v) is 4.74. The number of fused-ring (bicyclic) bond motifs is 1.